The third-order valence-electron chi connectivity index (χ3n) is 20.7. The van der Waals surface area contributed by atoms with Gasteiger partial charge in [-0.3, -0.25) is 0 Å². The summed E-state index contributed by atoms with van der Waals surface area (Å²) in [6.45, 7) is 41.5. The first kappa shape index (κ1) is 68.9. The van der Waals surface area contributed by atoms with Crippen molar-refractivity contribution in [1.29, 1.82) is 0 Å². The minimum absolute atomic E-state index is 0.0110. The molecule has 98 heavy (non-hydrogen) atoms. The van der Waals surface area contributed by atoms with Crippen LogP contribution in [0.1, 0.15) is 202 Å². The van der Waals surface area contributed by atoms with Gasteiger partial charge in [-0.1, -0.05) is 350 Å². The van der Waals surface area contributed by atoms with Gasteiger partial charge < -0.3 is 9.80 Å². The molecule has 11 aromatic carbocycles. The van der Waals surface area contributed by atoms with Crippen molar-refractivity contribution in [2.24, 2.45) is 0 Å². The van der Waals surface area contributed by atoms with E-state index in [1.165, 1.54) is 125 Å². The third-order valence-corrected chi connectivity index (χ3v) is 20.7. The Hall–Kier alpha value is -8.98. The minimum Gasteiger partial charge on any atom is -0.309 e. The highest BCUT2D eigenvalue weighted by Gasteiger charge is 2.30. The van der Waals surface area contributed by atoms with Gasteiger partial charge in [-0.25, -0.2) is 0 Å². The summed E-state index contributed by atoms with van der Waals surface area (Å²) in [6, 6.07) is 96.8. The van der Waals surface area contributed by atoms with E-state index in [9.17, 15) is 0 Å². The van der Waals surface area contributed by atoms with Crippen molar-refractivity contribution in [3.8, 4) is 66.8 Å². The van der Waals surface area contributed by atoms with E-state index >= 15 is 0 Å². The molecule has 0 spiro atoms. The average molecular weight is 1290 g/mol. The predicted octanol–water partition coefficient (Wildman–Crippen LogP) is 28.5. The number of anilines is 6. The Labute approximate surface area is 589 Å². The van der Waals surface area contributed by atoms with Crippen LogP contribution in [-0.2, 0) is 32.5 Å². The highest BCUT2D eigenvalue weighted by molar-refractivity contribution is 6.01. The fourth-order valence-corrected chi connectivity index (χ4v) is 14.4. The maximum Gasteiger partial charge on any atom is 0.0618 e. The number of nitrogens with zero attached hydrogens (tertiary/aromatic N) is 2. The summed E-state index contributed by atoms with van der Waals surface area (Å²) in [7, 11) is 0. The molecule has 0 heterocycles. The molecule has 12 rings (SSSR count). The highest BCUT2D eigenvalue weighted by atomic mass is 15.2. The molecule has 0 radical (unpaired) electrons. The smallest absolute Gasteiger partial charge is 0.0618 e. The Morgan fingerprint density at radius 3 is 0.663 bits per heavy atom. The van der Waals surface area contributed by atoms with Crippen molar-refractivity contribution >= 4 is 34.1 Å². The van der Waals surface area contributed by atoms with Crippen molar-refractivity contribution < 1.29 is 0 Å². The number of rotatable bonds is 13. The lowest BCUT2D eigenvalue weighted by Crippen LogP contribution is -2.17. The summed E-state index contributed by atoms with van der Waals surface area (Å²) in [6.07, 6.45) is 5.95. The Kier molecular flexibility index (Phi) is 19.0. The van der Waals surface area contributed by atoms with Crippen LogP contribution in [0.4, 0.5) is 34.1 Å². The molecule has 2 nitrogen and oxygen atoms in total. The Morgan fingerprint density at radius 2 is 0.439 bits per heavy atom. The standard InChI is InChI=1S/C96H106N2/c1-91(2,3)75-46-30-66(31-47-75)68-42-58-81(59-43-68)97(89-85(70-34-50-77(51-35-70)93(7,8)9)26-22-27-86(89)71-36-52-78(53-37-71)94(10,11)12)83-62-74(65-24-20-19-21-25-65)63-84(64-83)98(82-60-44-69(45-61-82)67-32-48-76(49-33-67)92(4,5)6)90-87(72-38-54-79(55-39-72)95(13,14)15)28-23-29-88(90)73-40-56-80(57-41-73)96(16,17)18/h22-23,26-65H,19-21,24-25H2,1-18H3. The van der Waals surface area contributed by atoms with E-state index in [0.29, 0.717) is 5.92 Å². The number of benzene rings is 11. The quantitative estimate of drug-likeness (QED) is 0.114. The number of para-hydroxylation sites is 2. The van der Waals surface area contributed by atoms with E-state index in [-0.39, 0.29) is 32.5 Å². The first-order chi connectivity index (χ1) is 46.4. The Balaban J connectivity index is 1.18. The molecule has 0 amide bonds. The van der Waals surface area contributed by atoms with Crippen LogP contribution in [0.3, 0.4) is 0 Å². The Morgan fingerprint density at radius 1 is 0.224 bits per heavy atom. The highest BCUT2D eigenvalue weighted by Crippen LogP contribution is 2.53. The van der Waals surface area contributed by atoms with Crippen molar-refractivity contribution in [1.82, 2.24) is 0 Å². The van der Waals surface area contributed by atoms with E-state index in [1.807, 2.05) is 0 Å². The molecule has 1 fully saturated rings. The first-order valence-electron chi connectivity index (χ1n) is 36.2. The lowest BCUT2D eigenvalue weighted by Gasteiger charge is -2.35. The van der Waals surface area contributed by atoms with Crippen LogP contribution >= 0.6 is 0 Å². The van der Waals surface area contributed by atoms with Crippen LogP contribution in [0.15, 0.2) is 249 Å². The summed E-state index contributed by atoms with van der Waals surface area (Å²) < 4.78 is 0. The van der Waals surface area contributed by atoms with Gasteiger partial charge in [0, 0.05) is 45.0 Å². The SMILES string of the molecule is CC(C)(C)c1ccc(-c2ccc(N(c3cc(C4CCCCC4)cc(N(c4ccc(-c5ccc(C(C)(C)C)cc5)cc4)c4c(-c5ccc(C(C)(C)C)cc5)cccc4-c4ccc(C(C)(C)C)cc4)c3)c3c(-c4ccc(C(C)(C)C)cc4)cccc3-c3ccc(C(C)(C)C)cc3)cc2)cc1. The zero-order chi connectivity index (χ0) is 69.7. The largest absolute Gasteiger partial charge is 0.309 e. The van der Waals surface area contributed by atoms with E-state index < -0.39 is 0 Å². The van der Waals surface area contributed by atoms with Gasteiger partial charge in [-0.2, -0.15) is 0 Å². The molecule has 0 bridgehead atoms. The van der Waals surface area contributed by atoms with Crippen molar-refractivity contribution in [3.05, 3.63) is 288 Å². The van der Waals surface area contributed by atoms with E-state index in [2.05, 4.69) is 383 Å². The van der Waals surface area contributed by atoms with Crippen LogP contribution in [0, 0.1) is 0 Å². The number of hydrogen-bond acceptors (Lipinski definition) is 2. The number of hydrogen-bond donors (Lipinski definition) is 0. The maximum absolute atomic E-state index is 2.63. The van der Waals surface area contributed by atoms with E-state index in [0.717, 1.165) is 47.0 Å². The zero-order valence-electron chi connectivity index (χ0n) is 62.2. The average Bonchev–Trinajstić information content (AvgIpc) is 0.746. The van der Waals surface area contributed by atoms with Crippen molar-refractivity contribution in [2.45, 2.75) is 195 Å². The molecule has 1 saturated carbocycles. The topological polar surface area (TPSA) is 6.48 Å². The van der Waals surface area contributed by atoms with Crippen LogP contribution in [0.5, 0.6) is 0 Å². The molecule has 11 aromatic rings. The molecule has 1 aliphatic rings. The second-order valence-electron chi connectivity index (χ2n) is 34.2. The first-order valence-corrected chi connectivity index (χ1v) is 36.2. The molecule has 0 aromatic heterocycles. The molecule has 0 saturated heterocycles. The summed E-state index contributed by atoms with van der Waals surface area (Å²) in [5, 5.41) is 0. The van der Waals surface area contributed by atoms with Crippen molar-refractivity contribution in [3.63, 3.8) is 0 Å². The molecule has 1 aliphatic carbocycles. The molecule has 0 atom stereocenters. The minimum atomic E-state index is -0.0110. The van der Waals surface area contributed by atoms with E-state index in [4.69, 9.17) is 0 Å². The van der Waals surface area contributed by atoms with Gasteiger partial charge in [0.1, 0.15) is 0 Å². The maximum atomic E-state index is 2.63. The summed E-state index contributed by atoms with van der Waals surface area (Å²) >= 11 is 0. The van der Waals surface area contributed by atoms with Gasteiger partial charge in [0.2, 0.25) is 0 Å². The second-order valence-corrected chi connectivity index (χ2v) is 34.2. The van der Waals surface area contributed by atoms with Crippen LogP contribution in [0.2, 0.25) is 0 Å². The lowest BCUT2D eigenvalue weighted by atomic mass is 9.83. The third kappa shape index (κ3) is 15.0. The molecular weight excluding hydrogens is 1180 g/mol. The van der Waals surface area contributed by atoms with E-state index in [1.54, 1.807) is 0 Å². The molecule has 0 unspecified atom stereocenters. The van der Waals surface area contributed by atoms with Crippen molar-refractivity contribution in [2.75, 3.05) is 9.80 Å². The van der Waals surface area contributed by atoms with Gasteiger partial charge in [-0.05, 0) is 177 Å². The van der Waals surface area contributed by atoms with Crippen LogP contribution < -0.4 is 9.80 Å². The van der Waals surface area contributed by atoms with Gasteiger partial charge >= 0.3 is 0 Å². The predicted molar refractivity (Wildman–Crippen MR) is 426 cm³/mol. The monoisotopic (exact) mass is 1290 g/mol. The molecular formula is C96H106N2. The van der Waals surface area contributed by atoms with Gasteiger partial charge in [0.15, 0.2) is 0 Å². The Bertz CT molecular complexity index is 4100. The normalized spacial score (nSPS) is 13.6. The summed E-state index contributed by atoms with van der Waals surface area (Å²) in [5.74, 6) is 0.359. The van der Waals surface area contributed by atoms with Crippen LogP contribution in [-0.4, -0.2) is 0 Å². The molecule has 500 valence electrons. The molecule has 0 N–H and O–H groups in total. The zero-order valence-corrected chi connectivity index (χ0v) is 62.2. The van der Waals surface area contributed by atoms with Gasteiger partial charge in [-0.15, -0.1) is 0 Å². The van der Waals surface area contributed by atoms with Gasteiger partial charge in [0.05, 0.1) is 11.4 Å². The molecule has 0 aliphatic heterocycles. The fourth-order valence-electron chi connectivity index (χ4n) is 14.4. The fraction of sp³-hybridized carbons (Fsp3) is 0.312. The molecule has 2 heteroatoms. The van der Waals surface area contributed by atoms with Crippen LogP contribution in [0.25, 0.3) is 66.8 Å². The summed E-state index contributed by atoms with van der Waals surface area (Å²) in [4.78, 5) is 5.27. The second kappa shape index (κ2) is 27.0. The summed E-state index contributed by atoms with van der Waals surface area (Å²) in [5.41, 5.74) is 30.2. The van der Waals surface area contributed by atoms with Gasteiger partial charge in [0.25, 0.3) is 0 Å². The lowest BCUT2D eigenvalue weighted by molar-refractivity contribution is 0.444.